The molecule has 0 saturated carbocycles. The molecular weight excluding hydrogens is 273 g/mol. The molecule has 4 nitrogen and oxygen atoms in total. The highest BCUT2D eigenvalue weighted by atomic mass is 19.1. The van der Waals surface area contributed by atoms with E-state index >= 15 is 0 Å². The third-order valence-corrected chi connectivity index (χ3v) is 3.22. The number of aliphatic hydroxyl groups excluding tert-OH is 1. The van der Waals surface area contributed by atoms with Gasteiger partial charge in [-0.05, 0) is 38.0 Å². The second-order valence-corrected chi connectivity index (χ2v) is 4.97. The highest BCUT2D eigenvalue weighted by Gasteiger charge is 2.28. The van der Waals surface area contributed by atoms with Crippen LogP contribution >= 0.6 is 0 Å². The van der Waals surface area contributed by atoms with E-state index in [0.29, 0.717) is 24.1 Å². The first-order valence-electron chi connectivity index (χ1n) is 6.95. The first-order chi connectivity index (χ1) is 10.1. The fourth-order valence-corrected chi connectivity index (χ4v) is 2.15. The summed E-state index contributed by atoms with van der Waals surface area (Å²) in [4.78, 5) is 12.1. The van der Waals surface area contributed by atoms with E-state index < -0.39 is 11.9 Å². The summed E-state index contributed by atoms with van der Waals surface area (Å²) < 4.78 is 18.8. The van der Waals surface area contributed by atoms with Crippen LogP contribution < -0.4 is 5.32 Å². The summed E-state index contributed by atoms with van der Waals surface area (Å²) in [6.45, 7) is 1.87. The molecule has 0 radical (unpaired) electrons. The van der Waals surface area contributed by atoms with Gasteiger partial charge < -0.3 is 15.2 Å². The quantitative estimate of drug-likeness (QED) is 0.838. The lowest BCUT2D eigenvalue weighted by molar-refractivity contribution is -0.126. The van der Waals surface area contributed by atoms with Crippen molar-refractivity contribution in [3.8, 4) is 11.8 Å². The molecular formula is C16H18FNO3. The SMILES string of the molecule is CC1CCC(C(=O)Nc2ccc(F)cc2C#CCCO)O1. The van der Waals surface area contributed by atoms with Gasteiger partial charge in [-0.1, -0.05) is 11.8 Å². The summed E-state index contributed by atoms with van der Waals surface area (Å²) in [5, 5.41) is 11.5. The van der Waals surface area contributed by atoms with Gasteiger partial charge in [0.15, 0.2) is 0 Å². The molecule has 0 bridgehead atoms. The van der Waals surface area contributed by atoms with Crippen LogP contribution in [0.1, 0.15) is 31.7 Å². The van der Waals surface area contributed by atoms with Gasteiger partial charge in [-0.3, -0.25) is 4.79 Å². The van der Waals surface area contributed by atoms with Crippen molar-refractivity contribution in [2.75, 3.05) is 11.9 Å². The van der Waals surface area contributed by atoms with Crippen LogP contribution in [0.4, 0.5) is 10.1 Å². The molecule has 1 aromatic rings. The second kappa shape index (κ2) is 7.21. The number of hydrogen-bond donors (Lipinski definition) is 2. The number of carbonyl (C=O) groups is 1. The molecule has 1 aliphatic rings. The van der Waals surface area contributed by atoms with Crippen molar-refractivity contribution in [3.05, 3.63) is 29.6 Å². The summed E-state index contributed by atoms with van der Waals surface area (Å²) in [7, 11) is 0. The number of amides is 1. The van der Waals surface area contributed by atoms with Gasteiger partial charge in [0.1, 0.15) is 11.9 Å². The maximum Gasteiger partial charge on any atom is 0.253 e. The summed E-state index contributed by atoms with van der Waals surface area (Å²) in [5.41, 5.74) is 0.845. The average Bonchev–Trinajstić information content (AvgIpc) is 2.88. The molecule has 1 aromatic carbocycles. The lowest BCUT2D eigenvalue weighted by Gasteiger charge is -2.13. The molecule has 0 aliphatic carbocycles. The lowest BCUT2D eigenvalue weighted by Crippen LogP contribution is -2.28. The molecule has 112 valence electrons. The Kier molecular flexibility index (Phi) is 5.32. The first kappa shape index (κ1) is 15.5. The molecule has 1 saturated heterocycles. The maximum atomic E-state index is 13.3. The predicted octanol–water partition coefficient (Wildman–Crippen LogP) is 2.07. The summed E-state index contributed by atoms with van der Waals surface area (Å²) in [5.74, 6) is 4.81. The lowest BCUT2D eigenvalue weighted by atomic mass is 10.1. The van der Waals surface area contributed by atoms with Crippen molar-refractivity contribution in [3.63, 3.8) is 0 Å². The average molecular weight is 291 g/mol. The van der Waals surface area contributed by atoms with E-state index in [2.05, 4.69) is 17.2 Å². The van der Waals surface area contributed by atoms with Crippen LogP contribution in [0.3, 0.4) is 0 Å². The molecule has 2 N–H and O–H groups in total. The molecule has 2 unspecified atom stereocenters. The van der Waals surface area contributed by atoms with Crippen molar-refractivity contribution in [1.82, 2.24) is 0 Å². The number of rotatable bonds is 3. The van der Waals surface area contributed by atoms with Crippen molar-refractivity contribution in [2.24, 2.45) is 0 Å². The molecule has 21 heavy (non-hydrogen) atoms. The third kappa shape index (κ3) is 4.28. The predicted molar refractivity (Wildman–Crippen MR) is 77.2 cm³/mol. The Balaban J connectivity index is 2.12. The Morgan fingerprint density at radius 1 is 1.52 bits per heavy atom. The van der Waals surface area contributed by atoms with Crippen molar-refractivity contribution in [1.29, 1.82) is 0 Å². The number of anilines is 1. The van der Waals surface area contributed by atoms with Gasteiger partial charge in [-0.2, -0.15) is 0 Å². The van der Waals surface area contributed by atoms with E-state index in [-0.39, 0.29) is 18.6 Å². The smallest absolute Gasteiger partial charge is 0.253 e. The number of hydrogen-bond acceptors (Lipinski definition) is 3. The molecule has 2 atom stereocenters. The minimum absolute atomic E-state index is 0.0577. The van der Waals surface area contributed by atoms with E-state index in [1.807, 2.05) is 6.92 Å². The molecule has 1 amide bonds. The Bertz CT molecular complexity index is 577. The molecule has 0 aromatic heterocycles. The molecule has 0 spiro atoms. The first-order valence-corrected chi connectivity index (χ1v) is 6.95. The number of aliphatic hydroxyl groups is 1. The third-order valence-electron chi connectivity index (χ3n) is 3.22. The van der Waals surface area contributed by atoms with Gasteiger partial charge in [0, 0.05) is 6.42 Å². The fourth-order valence-electron chi connectivity index (χ4n) is 2.15. The number of benzene rings is 1. The molecule has 1 fully saturated rings. The van der Waals surface area contributed by atoms with E-state index in [4.69, 9.17) is 9.84 Å². The van der Waals surface area contributed by atoms with Gasteiger partial charge in [-0.25, -0.2) is 4.39 Å². The monoisotopic (exact) mass is 291 g/mol. The molecule has 5 heteroatoms. The van der Waals surface area contributed by atoms with Gasteiger partial charge in [0.05, 0.1) is 24.0 Å². The normalized spacial score (nSPS) is 20.7. The van der Waals surface area contributed by atoms with Crippen LogP contribution in [0.2, 0.25) is 0 Å². The van der Waals surface area contributed by atoms with Gasteiger partial charge >= 0.3 is 0 Å². The zero-order chi connectivity index (χ0) is 15.2. The highest BCUT2D eigenvalue weighted by molar-refractivity contribution is 5.95. The van der Waals surface area contributed by atoms with Crippen LogP contribution in [-0.2, 0) is 9.53 Å². The van der Waals surface area contributed by atoms with Crippen LogP contribution in [0.5, 0.6) is 0 Å². The highest BCUT2D eigenvalue weighted by Crippen LogP contribution is 2.22. The van der Waals surface area contributed by atoms with Crippen LogP contribution in [0.15, 0.2) is 18.2 Å². The Labute approximate surface area is 123 Å². The number of halogens is 1. The zero-order valence-corrected chi connectivity index (χ0v) is 11.9. The van der Waals surface area contributed by atoms with Gasteiger partial charge in [0.25, 0.3) is 5.91 Å². The second-order valence-electron chi connectivity index (χ2n) is 4.97. The Morgan fingerprint density at radius 2 is 2.33 bits per heavy atom. The van der Waals surface area contributed by atoms with E-state index in [1.54, 1.807) is 0 Å². The maximum absolute atomic E-state index is 13.3. The van der Waals surface area contributed by atoms with Crippen LogP contribution in [0, 0.1) is 17.7 Å². The van der Waals surface area contributed by atoms with Crippen LogP contribution in [-0.4, -0.2) is 29.8 Å². The number of carbonyl (C=O) groups excluding carboxylic acids is 1. The van der Waals surface area contributed by atoms with Crippen molar-refractivity contribution in [2.45, 2.75) is 38.4 Å². The zero-order valence-electron chi connectivity index (χ0n) is 11.9. The van der Waals surface area contributed by atoms with Crippen molar-refractivity contribution >= 4 is 11.6 Å². The van der Waals surface area contributed by atoms with E-state index in [1.165, 1.54) is 18.2 Å². The summed E-state index contributed by atoms with van der Waals surface area (Å²) >= 11 is 0. The largest absolute Gasteiger partial charge is 0.395 e. The minimum atomic E-state index is -0.469. The van der Waals surface area contributed by atoms with E-state index in [9.17, 15) is 9.18 Å². The van der Waals surface area contributed by atoms with Gasteiger partial charge in [0.2, 0.25) is 0 Å². The number of ether oxygens (including phenoxy) is 1. The standard InChI is InChI=1S/C16H18FNO3/c1-11-5-8-15(21-11)16(20)18-14-7-6-13(17)10-12(14)4-2-3-9-19/h6-7,10-11,15,19H,3,5,8-9H2,1H3,(H,18,20). The van der Waals surface area contributed by atoms with E-state index in [0.717, 1.165) is 6.42 Å². The fraction of sp³-hybridized carbons (Fsp3) is 0.438. The minimum Gasteiger partial charge on any atom is -0.395 e. The summed E-state index contributed by atoms with van der Waals surface area (Å²) in [6.07, 6.45) is 1.44. The number of nitrogens with one attached hydrogen (secondary N) is 1. The Hall–Kier alpha value is -1.90. The van der Waals surface area contributed by atoms with Gasteiger partial charge in [-0.15, -0.1) is 0 Å². The topological polar surface area (TPSA) is 58.6 Å². The summed E-state index contributed by atoms with van der Waals surface area (Å²) in [6, 6.07) is 4.01. The van der Waals surface area contributed by atoms with Crippen molar-refractivity contribution < 1.29 is 19.0 Å². The molecule has 1 aliphatic heterocycles. The Morgan fingerprint density at radius 3 is 3.00 bits per heavy atom. The molecule has 1 heterocycles. The molecule has 2 rings (SSSR count). The van der Waals surface area contributed by atoms with Crippen LogP contribution in [0.25, 0.3) is 0 Å².